The Morgan fingerprint density at radius 2 is 1.79 bits per heavy atom. The van der Waals surface area contributed by atoms with Gasteiger partial charge in [-0.25, -0.2) is 4.79 Å². The summed E-state index contributed by atoms with van der Waals surface area (Å²) < 4.78 is 22.7. The molecule has 2 aromatic rings. The van der Waals surface area contributed by atoms with Gasteiger partial charge in [-0.1, -0.05) is 6.07 Å². The van der Waals surface area contributed by atoms with Crippen molar-refractivity contribution < 1.29 is 23.7 Å². The number of hydrogen-bond donors (Lipinski definition) is 0. The van der Waals surface area contributed by atoms with Gasteiger partial charge in [0.15, 0.2) is 11.5 Å². The number of esters is 1. The third kappa shape index (κ3) is 1.75. The van der Waals surface area contributed by atoms with Gasteiger partial charge in [0.1, 0.15) is 0 Å². The highest BCUT2D eigenvalue weighted by atomic mass is 32.1. The van der Waals surface area contributed by atoms with Crippen LogP contribution in [0.15, 0.2) is 29.6 Å². The van der Waals surface area contributed by atoms with E-state index in [1.807, 2.05) is 43.5 Å². The Morgan fingerprint density at radius 3 is 2.38 bits per heavy atom. The zero-order chi connectivity index (χ0) is 17.1. The molecule has 3 heterocycles. The van der Waals surface area contributed by atoms with Crippen LogP contribution in [0.5, 0.6) is 11.5 Å². The number of methoxy groups -OCH3 is 2. The average Bonchev–Trinajstić information content (AvgIpc) is 3.20. The topological polar surface area (TPSA) is 54.0 Å². The number of thiophene rings is 1. The summed E-state index contributed by atoms with van der Waals surface area (Å²) in [7, 11) is 3.18. The lowest BCUT2D eigenvalue weighted by Gasteiger charge is -2.40. The maximum absolute atomic E-state index is 12.9. The van der Waals surface area contributed by atoms with E-state index in [-0.39, 0.29) is 5.97 Å². The summed E-state index contributed by atoms with van der Waals surface area (Å²) in [5, 5.41) is 1.92. The maximum atomic E-state index is 12.9. The van der Waals surface area contributed by atoms with E-state index in [0.29, 0.717) is 11.5 Å². The van der Waals surface area contributed by atoms with Crippen molar-refractivity contribution in [3.63, 3.8) is 0 Å². The summed E-state index contributed by atoms with van der Waals surface area (Å²) in [5.74, 6) is 0.804. The van der Waals surface area contributed by atoms with E-state index < -0.39 is 17.3 Å². The second-order valence-corrected chi connectivity index (χ2v) is 7.44. The van der Waals surface area contributed by atoms with Gasteiger partial charge in [0.05, 0.1) is 24.5 Å². The lowest BCUT2D eigenvalue weighted by molar-refractivity contribution is -0.149. The lowest BCUT2D eigenvalue weighted by Crippen LogP contribution is -2.45. The van der Waals surface area contributed by atoms with Gasteiger partial charge in [-0.2, -0.15) is 0 Å². The second kappa shape index (κ2) is 4.97. The van der Waals surface area contributed by atoms with Crippen LogP contribution in [0.1, 0.15) is 29.9 Å². The molecule has 1 saturated heterocycles. The molecule has 24 heavy (non-hydrogen) atoms. The van der Waals surface area contributed by atoms with Crippen LogP contribution >= 0.6 is 11.3 Å². The minimum Gasteiger partial charge on any atom is -0.493 e. The number of ether oxygens (including phenoxy) is 4. The van der Waals surface area contributed by atoms with Gasteiger partial charge in [-0.15, -0.1) is 11.3 Å². The summed E-state index contributed by atoms with van der Waals surface area (Å²) in [5.41, 5.74) is -0.00703. The summed E-state index contributed by atoms with van der Waals surface area (Å²) in [4.78, 5) is 13.7. The molecule has 0 radical (unpaired) electrons. The number of rotatable bonds is 3. The average molecular weight is 346 g/mol. The van der Waals surface area contributed by atoms with Gasteiger partial charge >= 0.3 is 5.97 Å². The number of fused-ring (bicyclic) bond motifs is 4. The number of benzene rings is 1. The largest absolute Gasteiger partial charge is 0.493 e. The fraction of sp³-hybridized carbons (Fsp3) is 0.389. The fourth-order valence-corrected chi connectivity index (χ4v) is 4.35. The van der Waals surface area contributed by atoms with Crippen molar-refractivity contribution in [3.05, 3.63) is 45.6 Å². The predicted octanol–water partition coefficient (Wildman–Crippen LogP) is 3.20. The van der Waals surface area contributed by atoms with Crippen molar-refractivity contribution in [1.82, 2.24) is 0 Å². The maximum Gasteiger partial charge on any atom is 0.351 e. The summed E-state index contributed by atoms with van der Waals surface area (Å²) in [6.45, 7) is 4.00. The number of carbonyl (C=O) groups excluding carboxylic acids is 1. The van der Waals surface area contributed by atoms with Crippen LogP contribution in [-0.4, -0.2) is 26.5 Å². The first-order valence-corrected chi connectivity index (χ1v) is 8.53. The van der Waals surface area contributed by atoms with Gasteiger partial charge in [-0.3, -0.25) is 0 Å². The van der Waals surface area contributed by atoms with Crippen molar-refractivity contribution in [3.8, 4) is 11.5 Å². The van der Waals surface area contributed by atoms with Gasteiger partial charge in [0.25, 0.3) is 0 Å². The highest BCUT2D eigenvalue weighted by molar-refractivity contribution is 7.10. The minimum atomic E-state index is -1.23. The zero-order valence-corrected chi connectivity index (χ0v) is 14.7. The van der Waals surface area contributed by atoms with Crippen LogP contribution in [0, 0.1) is 0 Å². The molecular formula is C18H18O5S. The fourth-order valence-electron chi connectivity index (χ4n) is 3.48. The van der Waals surface area contributed by atoms with Crippen LogP contribution < -0.4 is 9.47 Å². The molecule has 1 aromatic carbocycles. The van der Waals surface area contributed by atoms with Crippen LogP contribution in [0.25, 0.3) is 0 Å². The quantitative estimate of drug-likeness (QED) is 0.799. The van der Waals surface area contributed by atoms with Crippen molar-refractivity contribution in [2.75, 3.05) is 14.2 Å². The minimum absolute atomic E-state index is 0.381. The third-order valence-corrected chi connectivity index (χ3v) is 5.81. The first-order valence-electron chi connectivity index (χ1n) is 7.65. The predicted molar refractivity (Wildman–Crippen MR) is 88.6 cm³/mol. The van der Waals surface area contributed by atoms with Crippen molar-refractivity contribution in [2.24, 2.45) is 0 Å². The van der Waals surface area contributed by atoms with E-state index in [4.69, 9.17) is 18.9 Å². The van der Waals surface area contributed by atoms with E-state index in [0.717, 1.165) is 16.0 Å². The monoisotopic (exact) mass is 346 g/mol. The molecular weight excluding hydrogens is 328 g/mol. The lowest BCUT2D eigenvalue weighted by atomic mass is 9.74. The standard InChI is InChI=1S/C18H18O5S/c1-17(2)10-8-12(20-3)13(21-4)9-11(10)18(14-6-5-7-24-14)15(19)22-16(17)23-18/h5-9,16H,1-4H3. The number of hydrogen-bond acceptors (Lipinski definition) is 6. The van der Waals surface area contributed by atoms with E-state index in [1.54, 1.807) is 14.2 Å². The highest BCUT2D eigenvalue weighted by Gasteiger charge is 2.63. The molecule has 0 aliphatic carbocycles. The second-order valence-electron chi connectivity index (χ2n) is 6.49. The Labute approximate surface area is 144 Å². The first kappa shape index (κ1) is 15.5. The SMILES string of the molecule is COc1cc2c(cc1OC)C(C)(C)C1OC(=O)C2(c2cccs2)O1. The van der Waals surface area contributed by atoms with E-state index >= 15 is 0 Å². The van der Waals surface area contributed by atoms with Crippen molar-refractivity contribution in [2.45, 2.75) is 31.2 Å². The molecule has 2 bridgehead atoms. The van der Waals surface area contributed by atoms with Gasteiger partial charge in [0.2, 0.25) is 11.9 Å². The molecule has 1 aromatic heterocycles. The van der Waals surface area contributed by atoms with Gasteiger partial charge in [-0.05, 0) is 43.0 Å². The van der Waals surface area contributed by atoms with E-state index in [1.165, 1.54) is 11.3 Å². The van der Waals surface area contributed by atoms with Crippen LogP contribution in [0.4, 0.5) is 0 Å². The molecule has 4 rings (SSSR count). The Balaban J connectivity index is 2.07. The Hall–Kier alpha value is -2.05. The third-order valence-electron chi connectivity index (χ3n) is 4.84. The summed E-state index contributed by atoms with van der Waals surface area (Å²) in [6, 6.07) is 7.55. The van der Waals surface area contributed by atoms with Crippen LogP contribution in [0.3, 0.4) is 0 Å². The molecule has 0 spiro atoms. The molecule has 6 heteroatoms. The van der Waals surface area contributed by atoms with Crippen molar-refractivity contribution in [1.29, 1.82) is 0 Å². The molecule has 2 aliphatic rings. The van der Waals surface area contributed by atoms with E-state index in [2.05, 4.69) is 0 Å². The Kier molecular flexibility index (Phi) is 3.21. The molecule has 0 saturated carbocycles. The zero-order valence-electron chi connectivity index (χ0n) is 13.9. The molecule has 2 unspecified atom stereocenters. The molecule has 2 aliphatic heterocycles. The Morgan fingerprint density at radius 1 is 1.12 bits per heavy atom. The van der Waals surface area contributed by atoms with Gasteiger partial charge in [0, 0.05) is 5.56 Å². The molecule has 0 N–H and O–H groups in total. The highest BCUT2D eigenvalue weighted by Crippen LogP contribution is 2.56. The molecule has 0 amide bonds. The Bertz CT molecular complexity index is 811. The summed E-state index contributed by atoms with van der Waals surface area (Å²) >= 11 is 1.47. The molecule has 1 fully saturated rings. The van der Waals surface area contributed by atoms with Gasteiger partial charge < -0.3 is 18.9 Å². The molecule has 126 valence electrons. The van der Waals surface area contributed by atoms with Crippen LogP contribution in [-0.2, 0) is 25.3 Å². The van der Waals surface area contributed by atoms with E-state index in [9.17, 15) is 4.79 Å². The molecule has 2 atom stereocenters. The summed E-state index contributed by atoms with van der Waals surface area (Å²) in [6.07, 6.45) is -0.641. The number of carbonyl (C=O) groups is 1. The smallest absolute Gasteiger partial charge is 0.351 e. The first-order chi connectivity index (χ1) is 11.4. The van der Waals surface area contributed by atoms with Crippen LogP contribution in [0.2, 0.25) is 0 Å². The molecule has 5 nitrogen and oxygen atoms in total. The normalized spacial score (nSPS) is 26.7. The van der Waals surface area contributed by atoms with Crippen molar-refractivity contribution >= 4 is 17.3 Å².